The van der Waals surface area contributed by atoms with Crippen LogP contribution in [0.1, 0.15) is 58.8 Å². The summed E-state index contributed by atoms with van der Waals surface area (Å²) in [4.78, 5) is 21.8. The van der Waals surface area contributed by atoms with Gasteiger partial charge in [0.1, 0.15) is 0 Å². The second kappa shape index (κ2) is 8.84. The van der Waals surface area contributed by atoms with E-state index in [4.69, 9.17) is 0 Å². The molecule has 2 saturated heterocycles. The highest BCUT2D eigenvalue weighted by atomic mass is 16.2. The van der Waals surface area contributed by atoms with Gasteiger partial charge in [-0.1, -0.05) is 0 Å². The van der Waals surface area contributed by atoms with Crippen molar-refractivity contribution in [2.45, 2.75) is 77.4 Å². The van der Waals surface area contributed by atoms with E-state index in [2.05, 4.69) is 33.2 Å². The Morgan fingerprint density at radius 1 is 1.16 bits per heavy atom. The maximum atomic E-state index is 12.9. The van der Waals surface area contributed by atoms with E-state index in [-0.39, 0.29) is 0 Å². The molecule has 5 nitrogen and oxygen atoms in total. The molecule has 0 aliphatic carbocycles. The number of piperidine rings is 2. The molecule has 1 atom stereocenters. The minimum absolute atomic E-state index is 0.401. The normalized spacial score (nSPS) is 23.3. The van der Waals surface area contributed by atoms with Gasteiger partial charge in [-0.25, -0.2) is 4.98 Å². The number of likely N-dealkylation sites (tertiary alicyclic amines) is 2. The predicted octanol–water partition coefficient (Wildman–Crippen LogP) is 3.16. The third kappa shape index (κ3) is 5.06. The van der Waals surface area contributed by atoms with Gasteiger partial charge in [0.25, 0.3) is 0 Å². The van der Waals surface area contributed by atoms with E-state index in [0.717, 1.165) is 45.4 Å². The standard InChI is InChI=1S/C20H34N4O/c1-17(2)23-12-6-18(7-13-23)15-20(25)24-10-4-3-5-19(24)8-11-22-14-9-21-16-22/h9,14,16-19H,3-8,10-13,15H2,1-2H3. The van der Waals surface area contributed by atoms with Crippen LogP contribution in [0.5, 0.6) is 0 Å². The minimum atomic E-state index is 0.401. The number of imidazole rings is 1. The van der Waals surface area contributed by atoms with Crippen molar-refractivity contribution in [1.82, 2.24) is 19.4 Å². The molecule has 25 heavy (non-hydrogen) atoms. The molecule has 140 valence electrons. The third-order valence-electron chi connectivity index (χ3n) is 6.07. The zero-order valence-corrected chi connectivity index (χ0v) is 15.9. The molecule has 2 fully saturated rings. The van der Waals surface area contributed by atoms with Gasteiger partial charge in [-0.3, -0.25) is 4.79 Å². The molecule has 1 aromatic heterocycles. The van der Waals surface area contributed by atoms with E-state index in [1.165, 1.54) is 25.7 Å². The minimum Gasteiger partial charge on any atom is -0.340 e. The summed E-state index contributed by atoms with van der Waals surface area (Å²) in [6.45, 7) is 8.76. The van der Waals surface area contributed by atoms with Crippen LogP contribution in [-0.2, 0) is 11.3 Å². The molecule has 1 aromatic rings. The Balaban J connectivity index is 1.49. The molecule has 0 bridgehead atoms. The number of amides is 1. The third-order valence-corrected chi connectivity index (χ3v) is 6.07. The van der Waals surface area contributed by atoms with E-state index in [1.807, 2.05) is 18.7 Å². The number of aromatic nitrogens is 2. The average molecular weight is 347 g/mol. The Labute approximate surface area is 152 Å². The van der Waals surface area contributed by atoms with Gasteiger partial charge in [0.05, 0.1) is 6.33 Å². The molecule has 2 aliphatic heterocycles. The number of carbonyl (C=O) groups is 1. The summed E-state index contributed by atoms with van der Waals surface area (Å²) in [7, 11) is 0. The Morgan fingerprint density at radius 3 is 2.64 bits per heavy atom. The van der Waals surface area contributed by atoms with Gasteiger partial charge < -0.3 is 14.4 Å². The maximum Gasteiger partial charge on any atom is 0.223 e. The topological polar surface area (TPSA) is 41.4 Å². The van der Waals surface area contributed by atoms with Crippen LogP contribution in [0.25, 0.3) is 0 Å². The van der Waals surface area contributed by atoms with E-state index in [1.54, 1.807) is 0 Å². The fourth-order valence-electron chi connectivity index (χ4n) is 4.38. The van der Waals surface area contributed by atoms with Crippen molar-refractivity contribution in [3.8, 4) is 0 Å². The van der Waals surface area contributed by atoms with Gasteiger partial charge in [0.2, 0.25) is 5.91 Å². The fraction of sp³-hybridized carbons (Fsp3) is 0.800. The smallest absolute Gasteiger partial charge is 0.223 e. The van der Waals surface area contributed by atoms with Crippen LogP contribution < -0.4 is 0 Å². The molecule has 0 aromatic carbocycles. The first-order chi connectivity index (χ1) is 12.1. The lowest BCUT2D eigenvalue weighted by Crippen LogP contribution is -2.45. The van der Waals surface area contributed by atoms with Crippen LogP contribution in [0.15, 0.2) is 18.7 Å². The van der Waals surface area contributed by atoms with Gasteiger partial charge in [0, 0.05) is 44.0 Å². The van der Waals surface area contributed by atoms with Crippen molar-refractivity contribution in [2.75, 3.05) is 19.6 Å². The zero-order valence-electron chi connectivity index (χ0n) is 15.9. The van der Waals surface area contributed by atoms with Crippen LogP contribution in [0, 0.1) is 5.92 Å². The fourth-order valence-corrected chi connectivity index (χ4v) is 4.38. The van der Waals surface area contributed by atoms with E-state index >= 15 is 0 Å². The summed E-state index contributed by atoms with van der Waals surface area (Å²) < 4.78 is 2.12. The van der Waals surface area contributed by atoms with E-state index < -0.39 is 0 Å². The van der Waals surface area contributed by atoms with E-state index in [9.17, 15) is 4.79 Å². The van der Waals surface area contributed by atoms with Gasteiger partial charge in [-0.15, -0.1) is 0 Å². The zero-order chi connectivity index (χ0) is 17.6. The SMILES string of the molecule is CC(C)N1CCC(CC(=O)N2CCCCC2CCn2ccnc2)CC1. The predicted molar refractivity (Wildman–Crippen MR) is 100 cm³/mol. The van der Waals surface area contributed by atoms with Crippen molar-refractivity contribution < 1.29 is 4.79 Å². The first-order valence-corrected chi connectivity index (χ1v) is 10.1. The monoisotopic (exact) mass is 346 g/mol. The Morgan fingerprint density at radius 2 is 1.96 bits per heavy atom. The molecule has 3 rings (SSSR count). The maximum absolute atomic E-state index is 12.9. The Kier molecular flexibility index (Phi) is 6.51. The molecule has 0 N–H and O–H groups in total. The summed E-state index contributed by atoms with van der Waals surface area (Å²) in [5.41, 5.74) is 0. The summed E-state index contributed by atoms with van der Waals surface area (Å²) in [6.07, 6.45) is 13.5. The molecule has 1 amide bonds. The molecular weight excluding hydrogens is 312 g/mol. The quantitative estimate of drug-likeness (QED) is 0.794. The molecular formula is C20H34N4O. The highest BCUT2D eigenvalue weighted by Gasteiger charge is 2.29. The van der Waals surface area contributed by atoms with Gasteiger partial charge in [-0.05, 0) is 71.4 Å². The van der Waals surface area contributed by atoms with Gasteiger partial charge >= 0.3 is 0 Å². The first kappa shape index (κ1) is 18.4. The second-order valence-electron chi connectivity index (χ2n) is 8.10. The Hall–Kier alpha value is -1.36. The van der Waals surface area contributed by atoms with Crippen LogP contribution >= 0.6 is 0 Å². The number of aryl methyl sites for hydroxylation is 1. The molecule has 0 radical (unpaired) electrons. The summed E-state index contributed by atoms with van der Waals surface area (Å²) in [6, 6.07) is 1.05. The van der Waals surface area contributed by atoms with Crippen LogP contribution in [0.4, 0.5) is 0 Å². The molecule has 0 saturated carbocycles. The molecule has 0 spiro atoms. The van der Waals surface area contributed by atoms with E-state index in [0.29, 0.717) is 23.9 Å². The molecule has 2 aliphatic rings. The van der Waals surface area contributed by atoms with Crippen LogP contribution in [-0.4, -0.2) is 57.0 Å². The summed E-state index contributed by atoms with van der Waals surface area (Å²) >= 11 is 0. The lowest BCUT2D eigenvalue weighted by Gasteiger charge is -2.38. The molecule has 5 heteroatoms. The number of rotatable bonds is 6. The number of nitrogens with zero attached hydrogens (tertiary/aromatic N) is 4. The van der Waals surface area contributed by atoms with Crippen LogP contribution in [0.3, 0.4) is 0 Å². The number of hydrogen-bond acceptors (Lipinski definition) is 3. The number of carbonyl (C=O) groups excluding carboxylic acids is 1. The first-order valence-electron chi connectivity index (χ1n) is 10.1. The van der Waals surface area contributed by atoms with Gasteiger partial charge in [0.15, 0.2) is 0 Å². The average Bonchev–Trinajstić information content (AvgIpc) is 3.14. The van der Waals surface area contributed by atoms with Gasteiger partial charge in [-0.2, -0.15) is 0 Å². The van der Waals surface area contributed by atoms with Crippen molar-refractivity contribution in [3.05, 3.63) is 18.7 Å². The number of hydrogen-bond donors (Lipinski definition) is 0. The highest BCUT2D eigenvalue weighted by molar-refractivity contribution is 5.77. The molecule has 1 unspecified atom stereocenters. The van der Waals surface area contributed by atoms with Crippen LogP contribution in [0.2, 0.25) is 0 Å². The molecule has 3 heterocycles. The largest absolute Gasteiger partial charge is 0.340 e. The van der Waals surface area contributed by atoms with Crippen molar-refractivity contribution >= 4 is 5.91 Å². The summed E-state index contributed by atoms with van der Waals surface area (Å²) in [5, 5.41) is 0. The lowest BCUT2D eigenvalue weighted by molar-refractivity contribution is -0.136. The van der Waals surface area contributed by atoms with Crippen molar-refractivity contribution in [2.24, 2.45) is 5.92 Å². The highest BCUT2D eigenvalue weighted by Crippen LogP contribution is 2.26. The van der Waals surface area contributed by atoms with Crippen molar-refractivity contribution in [1.29, 1.82) is 0 Å². The summed E-state index contributed by atoms with van der Waals surface area (Å²) in [5.74, 6) is 0.983. The lowest BCUT2D eigenvalue weighted by atomic mass is 9.91. The van der Waals surface area contributed by atoms with Crippen molar-refractivity contribution in [3.63, 3.8) is 0 Å². The second-order valence-corrected chi connectivity index (χ2v) is 8.10. The Bertz CT molecular complexity index is 520.